The van der Waals surface area contributed by atoms with Gasteiger partial charge in [0.1, 0.15) is 5.65 Å². The Balaban J connectivity index is 2.09. The number of halogens is 1. The lowest BCUT2D eigenvalue weighted by atomic mass is 10.1. The number of aryl methyl sites for hydroxylation is 2. The summed E-state index contributed by atoms with van der Waals surface area (Å²) in [6.07, 6.45) is 5.19. The van der Waals surface area contributed by atoms with Crippen molar-refractivity contribution in [3.8, 4) is 11.3 Å². The predicted octanol–water partition coefficient (Wildman–Crippen LogP) is 4.63. The summed E-state index contributed by atoms with van der Waals surface area (Å²) in [5.41, 5.74) is 5.71. The zero-order valence-electron chi connectivity index (χ0n) is 11.0. The number of pyridine rings is 1. The van der Waals surface area contributed by atoms with E-state index in [1.165, 1.54) is 11.1 Å². The summed E-state index contributed by atoms with van der Waals surface area (Å²) in [4.78, 5) is 4.68. The smallest absolute Gasteiger partial charge is 0.137 e. The minimum Gasteiger partial charge on any atom is -0.305 e. The molecule has 0 radical (unpaired) electrons. The van der Waals surface area contributed by atoms with Crippen LogP contribution in [0.1, 0.15) is 18.1 Å². The number of aromatic nitrogens is 2. The zero-order chi connectivity index (χ0) is 13.4. The molecule has 0 spiro atoms. The number of imidazole rings is 1. The summed E-state index contributed by atoms with van der Waals surface area (Å²) in [6.45, 7) is 4.24. The van der Waals surface area contributed by atoms with Crippen molar-refractivity contribution in [1.82, 2.24) is 9.38 Å². The minimum atomic E-state index is 0.982. The second-order valence-electron chi connectivity index (χ2n) is 4.75. The third-order valence-electron chi connectivity index (χ3n) is 3.39. The predicted molar refractivity (Wildman–Crippen MR) is 82.4 cm³/mol. The molecule has 0 aliphatic rings. The highest BCUT2D eigenvalue weighted by Crippen LogP contribution is 2.23. The number of hydrogen-bond acceptors (Lipinski definition) is 1. The van der Waals surface area contributed by atoms with Crippen LogP contribution in [0.3, 0.4) is 0 Å². The summed E-state index contributed by atoms with van der Waals surface area (Å²) >= 11 is 3.55. The molecule has 0 bridgehead atoms. The van der Waals surface area contributed by atoms with E-state index in [2.05, 4.69) is 81.9 Å². The normalized spacial score (nSPS) is 11.1. The number of fused-ring (bicyclic) bond motifs is 1. The molecule has 1 aromatic carbocycles. The van der Waals surface area contributed by atoms with Crippen molar-refractivity contribution in [3.63, 3.8) is 0 Å². The van der Waals surface area contributed by atoms with Gasteiger partial charge in [0.05, 0.1) is 5.69 Å². The zero-order valence-corrected chi connectivity index (χ0v) is 12.6. The molecular formula is C16H15BrN2. The molecule has 2 aromatic heterocycles. The van der Waals surface area contributed by atoms with Crippen molar-refractivity contribution in [2.75, 3.05) is 0 Å². The first-order valence-electron chi connectivity index (χ1n) is 6.41. The Morgan fingerprint density at radius 1 is 1.16 bits per heavy atom. The Morgan fingerprint density at radius 2 is 1.89 bits per heavy atom. The van der Waals surface area contributed by atoms with Gasteiger partial charge in [-0.05, 0) is 46.5 Å². The van der Waals surface area contributed by atoms with Crippen LogP contribution in [0.4, 0.5) is 0 Å². The SMILES string of the molecule is CCc1ccc(-c2cn3cc(Br)c(C)cc3n2)cc1. The van der Waals surface area contributed by atoms with Crippen molar-refractivity contribution in [2.24, 2.45) is 0 Å². The summed E-state index contributed by atoms with van der Waals surface area (Å²) in [6, 6.07) is 10.7. The van der Waals surface area contributed by atoms with E-state index >= 15 is 0 Å². The average molecular weight is 315 g/mol. The van der Waals surface area contributed by atoms with Crippen molar-refractivity contribution in [2.45, 2.75) is 20.3 Å². The molecular weight excluding hydrogens is 300 g/mol. The Labute approximate surface area is 121 Å². The molecule has 2 heterocycles. The molecule has 0 aliphatic heterocycles. The molecule has 0 unspecified atom stereocenters. The van der Waals surface area contributed by atoms with Crippen molar-refractivity contribution in [3.05, 3.63) is 58.3 Å². The maximum Gasteiger partial charge on any atom is 0.137 e. The number of benzene rings is 1. The fourth-order valence-electron chi connectivity index (χ4n) is 2.15. The maximum atomic E-state index is 4.68. The van der Waals surface area contributed by atoms with Gasteiger partial charge in [0.25, 0.3) is 0 Å². The van der Waals surface area contributed by atoms with Gasteiger partial charge in [-0.15, -0.1) is 0 Å². The molecule has 0 amide bonds. The van der Waals surface area contributed by atoms with E-state index in [-0.39, 0.29) is 0 Å². The van der Waals surface area contributed by atoms with E-state index < -0.39 is 0 Å². The second kappa shape index (κ2) is 4.82. The van der Waals surface area contributed by atoms with Crippen LogP contribution in [0, 0.1) is 6.92 Å². The van der Waals surface area contributed by atoms with Crippen LogP contribution in [0.5, 0.6) is 0 Å². The Kier molecular flexibility index (Phi) is 3.15. The molecule has 3 rings (SSSR count). The van der Waals surface area contributed by atoms with Crippen molar-refractivity contribution in [1.29, 1.82) is 0 Å². The summed E-state index contributed by atoms with van der Waals surface area (Å²) in [5.74, 6) is 0. The topological polar surface area (TPSA) is 17.3 Å². The maximum absolute atomic E-state index is 4.68. The molecule has 0 fully saturated rings. The lowest BCUT2D eigenvalue weighted by Crippen LogP contribution is -1.85. The summed E-state index contributed by atoms with van der Waals surface area (Å²) in [5, 5.41) is 0. The molecule has 2 nitrogen and oxygen atoms in total. The molecule has 0 saturated heterocycles. The first-order valence-corrected chi connectivity index (χ1v) is 7.21. The van der Waals surface area contributed by atoms with Crippen LogP contribution in [0.25, 0.3) is 16.9 Å². The lowest BCUT2D eigenvalue weighted by molar-refractivity contribution is 1.14. The van der Waals surface area contributed by atoms with Gasteiger partial charge >= 0.3 is 0 Å². The van der Waals surface area contributed by atoms with Gasteiger partial charge in [-0.1, -0.05) is 31.2 Å². The van der Waals surface area contributed by atoms with Gasteiger partial charge in [-0.3, -0.25) is 0 Å². The van der Waals surface area contributed by atoms with Crippen LogP contribution < -0.4 is 0 Å². The minimum absolute atomic E-state index is 0.982. The van der Waals surface area contributed by atoms with E-state index in [0.717, 1.165) is 27.8 Å². The van der Waals surface area contributed by atoms with E-state index in [1.807, 2.05) is 0 Å². The fraction of sp³-hybridized carbons (Fsp3) is 0.188. The van der Waals surface area contributed by atoms with Crippen LogP contribution in [0.2, 0.25) is 0 Å². The highest BCUT2D eigenvalue weighted by molar-refractivity contribution is 9.10. The molecule has 0 N–H and O–H groups in total. The van der Waals surface area contributed by atoms with E-state index in [0.29, 0.717) is 0 Å². The van der Waals surface area contributed by atoms with E-state index in [1.54, 1.807) is 0 Å². The monoisotopic (exact) mass is 314 g/mol. The second-order valence-corrected chi connectivity index (χ2v) is 5.60. The standard InChI is InChI=1S/C16H15BrN2/c1-3-12-4-6-13(7-5-12)15-10-19-9-14(17)11(2)8-16(19)18-15/h4-10H,3H2,1-2H3. The molecule has 3 aromatic rings. The lowest BCUT2D eigenvalue weighted by Gasteiger charge is -1.98. The van der Waals surface area contributed by atoms with Crippen molar-refractivity contribution < 1.29 is 0 Å². The quantitative estimate of drug-likeness (QED) is 0.674. The first kappa shape index (κ1) is 12.4. The molecule has 3 heteroatoms. The van der Waals surface area contributed by atoms with Crippen LogP contribution in [-0.4, -0.2) is 9.38 Å². The van der Waals surface area contributed by atoms with Gasteiger partial charge in [-0.25, -0.2) is 4.98 Å². The van der Waals surface area contributed by atoms with Gasteiger partial charge in [-0.2, -0.15) is 0 Å². The number of rotatable bonds is 2. The van der Waals surface area contributed by atoms with Gasteiger partial charge in [0.15, 0.2) is 0 Å². The molecule has 0 aliphatic carbocycles. The number of hydrogen-bond donors (Lipinski definition) is 0. The first-order chi connectivity index (χ1) is 9.17. The summed E-state index contributed by atoms with van der Waals surface area (Å²) < 4.78 is 3.16. The van der Waals surface area contributed by atoms with Crippen LogP contribution >= 0.6 is 15.9 Å². The average Bonchev–Trinajstić information content (AvgIpc) is 2.82. The highest BCUT2D eigenvalue weighted by atomic mass is 79.9. The van der Waals surface area contributed by atoms with Crippen molar-refractivity contribution >= 4 is 21.6 Å². The Morgan fingerprint density at radius 3 is 2.58 bits per heavy atom. The molecule has 0 atom stereocenters. The van der Waals surface area contributed by atoms with Gasteiger partial charge < -0.3 is 4.40 Å². The van der Waals surface area contributed by atoms with Crippen LogP contribution in [-0.2, 0) is 6.42 Å². The Bertz CT molecular complexity index is 687. The molecule has 19 heavy (non-hydrogen) atoms. The van der Waals surface area contributed by atoms with Crippen LogP contribution in [0.15, 0.2) is 47.2 Å². The van der Waals surface area contributed by atoms with Gasteiger partial charge in [0, 0.05) is 22.4 Å². The highest BCUT2D eigenvalue weighted by Gasteiger charge is 2.06. The molecule has 96 valence electrons. The van der Waals surface area contributed by atoms with E-state index in [4.69, 9.17) is 0 Å². The fourth-order valence-corrected chi connectivity index (χ4v) is 2.49. The largest absolute Gasteiger partial charge is 0.305 e. The van der Waals surface area contributed by atoms with E-state index in [9.17, 15) is 0 Å². The number of nitrogens with zero attached hydrogens (tertiary/aromatic N) is 2. The van der Waals surface area contributed by atoms with Gasteiger partial charge in [0.2, 0.25) is 0 Å². The third-order valence-corrected chi connectivity index (χ3v) is 4.22. The molecule has 0 saturated carbocycles. The summed E-state index contributed by atoms with van der Waals surface area (Å²) in [7, 11) is 0. The third kappa shape index (κ3) is 2.30. The Hall–Kier alpha value is -1.61.